The van der Waals surface area contributed by atoms with Gasteiger partial charge < -0.3 is 10.1 Å². The molecule has 1 amide bonds. The fourth-order valence-electron chi connectivity index (χ4n) is 1.52. The van der Waals surface area contributed by atoms with Crippen molar-refractivity contribution in [1.29, 1.82) is 5.26 Å². The molecule has 100 valence electrons. The van der Waals surface area contributed by atoms with Crippen LogP contribution in [0.3, 0.4) is 0 Å². The van der Waals surface area contributed by atoms with Gasteiger partial charge >= 0.3 is 5.97 Å². The van der Waals surface area contributed by atoms with E-state index in [0.29, 0.717) is 24.8 Å². The highest BCUT2D eigenvalue weighted by Gasteiger charge is 2.21. The Balaban J connectivity index is 2.64. The molecular formula is C13H15N3O3. The van der Waals surface area contributed by atoms with Crippen LogP contribution in [0, 0.1) is 11.3 Å². The monoisotopic (exact) mass is 261 g/mol. The molecule has 0 aliphatic heterocycles. The lowest BCUT2D eigenvalue weighted by Gasteiger charge is -2.15. The van der Waals surface area contributed by atoms with Gasteiger partial charge in [-0.2, -0.15) is 5.26 Å². The topological polar surface area (TPSA) is 92.1 Å². The van der Waals surface area contributed by atoms with Crippen LogP contribution in [0.5, 0.6) is 0 Å². The summed E-state index contributed by atoms with van der Waals surface area (Å²) in [6.07, 6.45) is 4.22. The van der Waals surface area contributed by atoms with E-state index in [1.165, 1.54) is 19.5 Å². The van der Waals surface area contributed by atoms with Gasteiger partial charge in [-0.1, -0.05) is 0 Å². The summed E-state index contributed by atoms with van der Waals surface area (Å²) < 4.78 is 4.63. The molecule has 0 fully saturated rings. The van der Waals surface area contributed by atoms with Gasteiger partial charge in [0, 0.05) is 24.4 Å². The van der Waals surface area contributed by atoms with Crippen molar-refractivity contribution < 1.29 is 14.3 Å². The summed E-state index contributed by atoms with van der Waals surface area (Å²) in [6, 6.07) is 4.36. The normalized spacial score (nSPS) is 11.2. The molecular weight excluding hydrogens is 246 g/mol. The summed E-state index contributed by atoms with van der Waals surface area (Å²) >= 11 is 0. The summed E-state index contributed by atoms with van der Waals surface area (Å²) in [7, 11) is 1.26. The van der Waals surface area contributed by atoms with Gasteiger partial charge in [-0.05, 0) is 25.0 Å². The molecule has 0 aliphatic rings. The number of pyridine rings is 1. The maximum Gasteiger partial charge on any atom is 0.328 e. The molecule has 1 aromatic heterocycles. The minimum Gasteiger partial charge on any atom is -0.467 e. The predicted octanol–water partition coefficient (Wildman–Crippen LogP) is 1.05. The van der Waals surface area contributed by atoms with Gasteiger partial charge in [-0.3, -0.25) is 9.78 Å². The van der Waals surface area contributed by atoms with Crippen molar-refractivity contribution >= 4 is 11.9 Å². The zero-order valence-corrected chi connectivity index (χ0v) is 10.6. The first-order valence-electron chi connectivity index (χ1n) is 5.84. The Morgan fingerprint density at radius 3 is 2.74 bits per heavy atom. The number of nitrogens with one attached hydrogen (secondary N) is 1. The highest BCUT2D eigenvalue weighted by Crippen LogP contribution is 2.05. The van der Waals surface area contributed by atoms with Gasteiger partial charge in [-0.25, -0.2) is 4.79 Å². The number of amides is 1. The van der Waals surface area contributed by atoms with Gasteiger partial charge in [0.25, 0.3) is 5.91 Å². The van der Waals surface area contributed by atoms with E-state index >= 15 is 0 Å². The molecule has 1 heterocycles. The van der Waals surface area contributed by atoms with Crippen LogP contribution in [0.25, 0.3) is 0 Å². The van der Waals surface area contributed by atoms with Crippen LogP contribution in [0.4, 0.5) is 0 Å². The molecule has 0 aliphatic carbocycles. The van der Waals surface area contributed by atoms with E-state index in [1.54, 1.807) is 12.1 Å². The first-order chi connectivity index (χ1) is 9.19. The lowest BCUT2D eigenvalue weighted by Crippen LogP contribution is -2.41. The van der Waals surface area contributed by atoms with E-state index in [-0.39, 0.29) is 5.91 Å². The van der Waals surface area contributed by atoms with Crippen molar-refractivity contribution in [3.8, 4) is 6.07 Å². The number of nitriles is 1. The van der Waals surface area contributed by atoms with Crippen LogP contribution < -0.4 is 5.32 Å². The molecule has 0 radical (unpaired) electrons. The van der Waals surface area contributed by atoms with Crippen molar-refractivity contribution in [1.82, 2.24) is 10.3 Å². The first-order valence-corrected chi connectivity index (χ1v) is 5.84. The summed E-state index contributed by atoms with van der Waals surface area (Å²) in [5, 5.41) is 11.1. The number of esters is 1. The highest BCUT2D eigenvalue weighted by molar-refractivity contribution is 5.96. The molecule has 0 bridgehead atoms. The van der Waals surface area contributed by atoms with Crippen molar-refractivity contribution in [2.45, 2.75) is 25.3 Å². The maximum atomic E-state index is 11.9. The zero-order valence-electron chi connectivity index (χ0n) is 10.6. The van der Waals surface area contributed by atoms with Crippen molar-refractivity contribution in [2.24, 2.45) is 0 Å². The number of hydrogen-bond acceptors (Lipinski definition) is 5. The molecule has 0 spiro atoms. The van der Waals surface area contributed by atoms with Crippen molar-refractivity contribution in [3.05, 3.63) is 30.1 Å². The molecule has 6 nitrogen and oxygen atoms in total. The summed E-state index contributed by atoms with van der Waals surface area (Å²) in [6.45, 7) is 0. The van der Waals surface area contributed by atoms with E-state index in [0.717, 1.165) is 0 Å². The van der Waals surface area contributed by atoms with E-state index in [9.17, 15) is 9.59 Å². The van der Waals surface area contributed by atoms with Crippen LogP contribution in [0.2, 0.25) is 0 Å². The van der Waals surface area contributed by atoms with Gasteiger partial charge in [0.2, 0.25) is 0 Å². The Hall–Kier alpha value is -2.42. The smallest absolute Gasteiger partial charge is 0.328 e. The number of ether oxygens (including phenoxy) is 1. The number of methoxy groups -OCH3 is 1. The molecule has 6 heteroatoms. The molecule has 19 heavy (non-hydrogen) atoms. The van der Waals surface area contributed by atoms with Crippen LogP contribution in [-0.4, -0.2) is 30.0 Å². The number of rotatable bonds is 6. The molecule has 0 saturated heterocycles. The average molecular weight is 261 g/mol. The standard InChI is InChI=1S/C13H15N3O3/c1-19-13(18)11(4-2-3-7-14)16-12(17)10-5-8-15-9-6-10/h5-6,8-9,11H,2-4H2,1H3,(H,16,17)/t11-/m1/s1. The van der Waals surface area contributed by atoms with Crippen LogP contribution in [0.15, 0.2) is 24.5 Å². The summed E-state index contributed by atoms with van der Waals surface area (Å²) in [4.78, 5) is 27.2. The van der Waals surface area contributed by atoms with E-state index in [1.807, 2.05) is 6.07 Å². The van der Waals surface area contributed by atoms with E-state index in [2.05, 4.69) is 15.0 Å². The van der Waals surface area contributed by atoms with Gasteiger partial charge in [0.05, 0.1) is 13.2 Å². The van der Waals surface area contributed by atoms with Crippen LogP contribution in [-0.2, 0) is 9.53 Å². The highest BCUT2D eigenvalue weighted by atomic mass is 16.5. The second-order valence-corrected chi connectivity index (χ2v) is 3.84. The van der Waals surface area contributed by atoms with E-state index < -0.39 is 12.0 Å². The number of aromatic nitrogens is 1. The second kappa shape index (κ2) is 7.82. The third-order valence-corrected chi connectivity index (χ3v) is 2.51. The third-order valence-electron chi connectivity index (χ3n) is 2.51. The quantitative estimate of drug-likeness (QED) is 0.610. The number of carbonyl (C=O) groups is 2. The Labute approximate surface area is 111 Å². The molecule has 1 N–H and O–H groups in total. The van der Waals surface area contributed by atoms with Crippen molar-refractivity contribution in [3.63, 3.8) is 0 Å². The van der Waals surface area contributed by atoms with Crippen molar-refractivity contribution in [2.75, 3.05) is 7.11 Å². The fraction of sp³-hybridized carbons (Fsp3) is 0.385. The van der Waals surface area contributed by atoms with Crippen LogP contribution in [0.1, 0.15) is 29.6 Å². The largest absolute Gasteiger partial charge is 0.467 e. The lowest BCUT2D eigenvalue weighted by atomic mass is 10.1. The lowest BCUT2D eigenvalue weighted by molar-refractivity contribution is -0.143. The van der Waals surface area contributed by atoms with Gasteiger partial charge in [0.15, 0.2) is 0 Å². The summed E-state index contributed by atoms with van der Waals surface area (Å²) in [5.74, 6) is -0.880. The Morgan fingerprint density at radius 2 is 2.16 bits per heavy atom. The zero-order chi connectivity index (χ0) is 14.1. The SMILES string of the molecule is COC(=O)[C@@H](CCCC#N)NC(=O)c1ccncc1. The minimum absolute atomic E-state index is 0.332. The molecule has 1 rings (SSSR count). The molecule has 0 aromatic carbocycles. The average Bonchev–Trinajstić information content (AvgIpc) is 2.46. The molecule has 1 aromatic rings. The molecule has 0 unspecified atom stereocenters. The van der Waals surface area contributed by atoms with Crippen LogP contribution >= 0.6 is 0 Å². The number of unbranched alkanes of at least 4 members (excludes halogenated alkanes) is 1. The van der Waals surface area contributed by atoms with Gasteiger partial charge in [0.1, 0.15) is 6.04 Å². The number of nitrogens with zero attached hydrogens (tertiary/aromatic N) is 2. The minimum atomic E-state index is -0.737. The third kappa shape index (κ3) is 4.76. The number of carbonyl (C=O) groups excluding carboxylic acids is 2. The first kappa shape index (κ1) is 14.6. The Kier molecular flexibility index (Phi) is 6.03. The molecule has 1 atom stereocenters. The summed E-state index contributed by atoms with van der Waals surface area (Å²) in [5.41, 5.74) is 0.421. The Morgan fingerprint density at radius 1 is 1.47 bits per heavy atom. The maximum absolute atomic E-state index is 11.9. The molecule has 0 saturated carbocycles. The fourth-order valence-corrected chi connectivity index (χ4v) is 1.52. The second-order valence-electron chi connectivity index (χ2n) is 3.84. The number of hydrogen-bond donors (Lipinski definition) is 1. The Bertz CT molecular complexity index is 468. The predicted molar refractivity (Wildman–Crippen MR) is 67.0 cm³/mol. The van der Waals surface area contributed by atoms with Gasteiger partial charge in [-0.15, -0.1) is 0 Å². The van der Waals surface area contributed by atoms with E-state index in [4.69, 9.17) is 5.26 Å².